The third-order valence-electron chi connectivity index (χ3n) is 5.56. The van der Waals surface area contributed by atoms with Crippen molar-refractivity contribution in [2.75, 3.05) is 39.3 Å². The van der Waals surface area contributed by atoms with E-state index in [4.69, 9.17) is 14.2 Å². The van der Waals surface area contributed by atoms with Crippen molar-refractivity contribution in [1.82, 2.24) is 30.7 Å². The first-order chi connectivity index (χ1) is 16.0. The molecule has 1 aliphatic rings. The predicted molar refractivity (Wildman–Crippen MR) is 117 cm³/mol. The number of carbonyl (C=O) groups excluding carboxylic acids is 2. The largest absolute Gasteiger partial charge is 0.493 e. The number of carbonyl (C=O) groups is 2. The van der Waals surface area contributed by atoms with E-state index in [1.165, 1.54) is 33.5 Å². The number of hydrogen-bond acceptors (Lipinski definition) is 9. The highest BCUT2D eigenvalue weighted by atomic mass is 16.5. The highest BCUT2D eigenvalue weighted by Crippen LogP contribution is 2.38. The van der Waals surface area contributed by atoms with Crippen molar-refractivity contribution in [2.45, 2.75) is 12.8 Å². The summed E-state index contributed by atoms with van der Waals surface area (Å²) in [5.74, 6) is 0.921. The average Bonchev–Trinajstić information content (AvgIpc) is 3.34. The number of aromatic nitrogens is 4. The van der Waals surface area contributed by atoms with Gasteiger partial charge in [0.25, 0.3) is 5.91 Å². The first-order valence-corrected chi connectivity index (χ1v) is 10.4. The zero-order chi connectivity index (χ0) is 23.4. The standard InChI is InChI=1S/C21H25N7O5/c1-31-15-10-14(11-16(32-2)19(15)33-3)21(30)25-24-20(29)13-6-8-27(9-7-13)18-5-4-17-23-22-12-28(17)26-18/h4-5,10-13H,6-9H2,1-3H3,(H,24,29)(H,25,30). The number of anilines is 1. The average molecular weight is 455 g/mol. The summed E-state index contributed by atoms with van der Waals surface area (Å²) < 4.78 is 17.4. The molecule has 0 radical (unpaired) electrons. The van der Waals surface area contributed by atoms with E-state index >= 15 is 0 Å². The maximum Gasteiger partial charge on any atom is 0.269 e. The summed E-state index contributed by atoms with van der Waals surface area (Å²) in [6.07, 6.45) is 2.82. The van der Waals surface area contributed by atoms with Crippen molar-refractivity contribution in [3.8, 4) is 17.2 Å². The van der Waals surface area contributed by atoms with Crippen molar-refractivity contribution in [2.24, 2.45) is 5.92 Å². The van der Waals surface area contributed by atoms with Gasteiger partial charge in [-0.05, 0) is 37.1 Å². The number of fused-ring (bicyclic) bond motifs is 1. The lowest BCUT2D eigenvalue weighted by molar-refractivity contribution is -0.126. The van der Waals surface area contributed by atoms with Crippen LogP contribution in [0.3, 0.4) is 0 Å². The van der Waals surface area contributed by atoms with E-state index in [9.17, 15) is 9.59 Å². The zero-order valence-corrected chi connectivity index (χ0v) is 18.6. The molecule has 174 valence electrons. The first kappa shape index (κ1) is 22.1. The lowest BCUT2D eigenvalue weighted by atomic mass is 9.96. The molecule has 0 spiro atoms. The second-order valence-electron chi connectivity index (χ2n) is 7.44. The van der Waals surface area contributed by atoms with E-state index < -0.39 is 5.91 Å². The molecular formula is C21H25N7O5. The lowest BCUT2D eigenvalue weighted by Gasteiger charge is -2.31. The zero-order valence-electron chi connectivity index (χ0n) is 18.6. The van der Waals surface area contributed by atoms with Gasteiger partial charge in [-0.2, -0.15) is 4.52 Å². The van der Waals surface area contributed by atoms with Gasteiger partial charge in [0, 0.05) is 24.6 Å². The maximum atomic E-state index is 12.6. The van der Waals surface area contributed by atoms with Crippen LogP contribution in [0.15, 0.2) is 30.6 Å². The minimum atomic E-state index is -0.494. The number of hydrazine groups is 1. The van der Waals surface area contributed by atoms with Crippen LogP contribution in [0.1, 0.15) is 23.2 Å². The Hall–Kier alpha value is -4.09. The maximum absolute atomic E-state index is 12.6. The molecule has 0 unspecified atom stereocenters. The number of methoxy groups -OCH3 is 3. The second kappa shape index (κ2) is 9.59. The van der Waals surface area contributed by atoms with Gasteiger partial charge in [0.05, 0.1) is 21.3 Å². The van der Waals surface area contributed by atoms with Crippen LogP contribution < -0.4 is 30.0 Å². The normalized spacial score (nSPS) is 14.1. The van der Waals surface area contributed by atoms with Gasteiger partial charge in [-0.15, -0.1) is 15.3 Å². The van der Waals surface area contributed by atoms with Gasteiger partial charge < -0.3 is 19.1 Å². The molecule has 4 rings (SSSR count). The Kier molecular flexibility index (Phi) is 6.43. The molecule has 2 amide bonds. The van der Waals surface area contributed by atoms with Crippen LogP contribution in [0.5, 0.6) is 17.2 Å². The molecule has 3 aromatic rings. The summed E-state index contributed by atoms with van der Waals surface area (Å²) in [5.41, 5.74) is 5.92. The summed E-state index contributed by atoms with van der Waals surface area (Å²) in [7, 11) is 4.41. The fourth-order valence-electron chi connectivity index (χ4n) is 3.76. The Morgan fingerprint density at radius 1 is 1.00 bits per heavy atom. The van der Waals surface area contributed by atoms with E-state index in [1.807, 2.05) is 12.1 Å². The molecular weight excluding hydrogens is 430 g/mol. The van der Waals surface area contributed by atoms with Gasteiger partial charge in [0.15, 0.2) is 17.1 Å². The highest BCUT2D eigenvalue weighted by Gasteiger charge is 2.26. The Balaban J connectivity index is 1.32. The molecule has 1 saturated heterocycles. The summed E-state index contributed by atoms with van der Waals surface area (Å²) >= 11 is 0. The summed E-state index contributed by atoms with van der Waals surface area (Å²) in [6.45, 7) is 1.33. The second-order valence-corrected chi connectivity index (χ2v) is 7.44. The third kappa shape index (κ3) is 4.59. The lowest BCUT2D eigenvalue weighted by Crippen LogP contribution is -2.47. The van der Waals surface area contributed by atoms with Crippen LogP contribution in [-0.4, -0.2) is 66.0 Å². The molecule has 0 bridgehead atoms. The van der Waals surface area contributed by atoms with Gasteiger partial charge in [-0.1, -0.05) is 0 Å². The van der Waals surface area contributed by atoms with Crippen LogP contribution in [0, 0.1) is 5.92 Å². The number of amides is 2. The smallest absolute Gasteiger partial charge is 0.269 e. The van der Waals surface area contributed by atoms with Crippen molar-refractivity contribution >= 4 is 23.3 Å². The molecule has 12 heteroatoms. The number of rotatable bonds is 6. The number of hydrogen-bond donors (Lipinski definition) is 2. The Labute approximate surface area is 189 Å². The molecule has 1 aliphatic heterocycles. The fourth-order valence-corrected chi connectivity index (χ4v) is 3.76. The summed E-state index contributed by atoms with van der Waals surface area (Å²) in [6, 6.07) is 6.77. The van der Waals surface area contributed by atoms with Gasteiger partial charge in [0.2, 0.25) is 11.7 Å². The van der Waals surface area contributed by atoms with Gasteiger partial charge in [-0.25, -0.2) is 0 Å². The fraction of sp³-hybridized carbons (Fsp3) is 0.381. The number of nitrogens with zero attached hydrogens (tertiary/aromatic N) is 5. The molecule has 1 aromatic carbocycles. The quantitative estimate of drug-likeness (QED) is 0.519. The van der Waals surface area contributed by atoms with Crippen molar-refractivity contribution in [1.29, 1.82) is 0 Å². The van der Waals surface area contributed by atoms with E-state index in [2.05, 4.69) is 31.0 Å². The molecule has 1 fully saturated rings. The van der Waals surface area contributed by atoms with E-state index in [1.54, 1.807) is 10.8 Å². The topological polar surface area (TPSA) is 132 Å². The summed E-state index contributed by atoms with van der Waals surface area (Å²) in [4.78, 5) is 27.3. The Bertz CT molecular complexity index is 1130. The monoisotopic (exact) mass is 455 g/mol. The van der Waals surface area contributed by atoms with E-state index in [0.29, 0.717) is 48.8 Å². The molecule has 0 atom stereocenters. The van der Waals surface area contributed by atoms with Crippen LogP contribution in [0.2, 0.25) is 0 Å². The summed E-state index contributed by atoms with van der Waals surface area (Å²) in [5, 5.41) is 12.3. The number of benzene rings is 1. The van der Waals surface area contributed by atoms with Crippen molar-refractivity contribution in [3.63, 3.8) is 0 Å². The van der Waals surface area contributed by atoms with E-state index in [0.717, 1.165) is 5.82 Å². The van der Waals surface area contributed by atoms with E-state index in [-0.39, 0.29) is 17.4 Å². The molecule has 2 N–H and O–H groups in total. The van der Waals surface area contributed by atoms with Gasteiger partial charge in [-0.3, -0.25) is 20.4 Å². The van der Waals surface area contributed by atoms with Gasteiger partial charge >= 0.3 is 0 Å². The minimum absolute atomic E-state index is 0.222. The molecule has 0 aliphatic carbocycles. The third-order valence-corrected chi connectivity index (χ3v) is 5.56. The Morgan fingerprint density at radius 2 is 1.70 bits per heavy atom. The molecule has 2 aromatic heterocycles. The molecule has 3 heterocycles. The molecule has 0 saturated carbocycles. The van der Waals surface area contributed by atoms with Crippen LogP contribution in [-0.2, 0) is 4.79 Å². The van der Waals surface area contributed by atoms with Gasteiger partial charge in [0.1, 0.15) is 12.1 Å². The SMILES string of the molecule is COc1cc(C(=O)NNC(=O)C2CCN(c3ccc4nncn4n3)CC2)cc(OC)c1OC. The number of piperidine rings is 1. The number of ether oxygens (including phenoxy) is 3. The van der Waals surface area contributed by atoms with Crippen LogP contribution >= 0.6 is 0 Å². The predicted octanol–water partition coefficient (Wildman–Crippen LogP) is 0.828. The van der Waals surface area contributed by atoms with Crippen LogP contribution in [0.25, 0.3) is 5.65 Å². The number of nitrogens with one attached hydrogen (secondary N) is 2. The van der Waals surface area contributed by atoms with Crippen molar-refractivity contribution < 1.29 is 23.8 Å². The Morgan fingerprint density at radius 3 is 2.33 bits per heavy atom. The highest BCUT2D eigenvalue weighted by molar-refractivity contribution is 5.96. The molecule has 33 heavy (non-hydrogen) atoms. The van der Waals surface area contributed by atoms with Crippen molar-refractivity contribution in [3.05, 3.63) is 36.2 Å². The first-order valence-electron chi connectivity index (χ1n) is 10.4. The van der Waals surface area contributed by atoms with Crippen LogP contribution in [0.4, 0.5) is 5.82 Å². The molecule has 12 nitrogen and oxygen atoms in total. The minimum Gasteiger partial charge on any atom is -0.493 e.